The highest BCUT2D eigenvalue weighted by molar-refractivity contribution is 8.02. The van der Waals surface area contributed by atoms with Gasteiger partial charge >= 0.3 is 0 Å². The molecule has 1 aliphatic heterocycles. The van der Waals surface area contributed by atoms with Gasteiger partial charge in [-0.3, -0.25) is 9.28 Å². The summed E-state index contributed by atoms with van der Waals surface area (Å²) >= 11 is 1.78. The Balaban J connectivity index is 2.11. The second kappa shape index (κ2) is 4.44. The molecule has 1 heterocycles. The van der Waals surface area contributed by atoms with Crippen LogP contribution in [0.5, 0.6) is 0 Å². The van der Waals surface area contributed by atoms with Crippen molar-refractivity contribution in [1.29, 1.82) is 0 Å². The van der Waals surface area contributed by atoms with Crippen LogP contribution in [0.25, 0.3) is 0 Å². The van der Waals surface area contributed by atoms with Gasteiger partial charge in [-0.2, -0.15) is 0 Å². The Morgan fingerprint density at radius 1 is 1.38 bits per heavy atom. The first kappa shape index (κ1) is 11.4. The van der Waals surface area contributed by atoms with Gasteiger partial charge in [-0.1, -0.05) is 42.1 Å². The number of likely N-dealkylation sites (N-methyl/N-ethyl adjacent to an activating group) is 1. The molecular weight excluding hydrogens is 218 g/mol. The number of carbonyl (C=O) groups excluding carboxylic acids is 1. The molecule has 0 saturated carbocycles. The van der Waals surface area contributed by atoms with E-state index in [4.69, 9.17) is 0 Å². The van der Waals surface area contributed by atoms with Gasteiger partial charge in [0.25, 0.3) is 0 Å². The number of rotatable bonds is 3. The van der Waals surface area contributed by atoms with Crippen LogP contribution in [0.15, 0.2) is 41.9 Å². The molecule has 2 nitrogen and oxygen atoms in total. The predicted octanol–water partition coefficient (Wildman–Crippen LogP) is 2.88. The molecular formula is C13H16NOS+. The zero-order valence-electron chi connectivity index (χ0n) is 9.59. The van der Waals surface area contributed by atoms with Crippen molar-refractivity contribution in [3.05, 3.63) is 47.5 Å². The molecule has 0 radical (unpaired) electrons. The number of carbonyl (C=O) groups is 1. The van der Waals surface area contributed by atoms with Gasteiger partial charge in [-0.05, 0) is 6.92 Å². The smallest absolute Gasteiger partial charge is 0.217 e. The summed E-state index contributed by atoms with van der Waals surface area (Å²) in [5.74, 6) is 0.210. The van der Waals surface area contributed by atoms with Crippen molar-refractivity contribution in [2.24, 2.45) is 0 Å². The lowest BCUT2D eigenvalue weighted by Crippen LogP contribution is -2.45. The highest BCUT2D eigenvalue weighted by Crippen LogP contribution is 2.30. The molecule has 0 saturated heterocycles. The maximum Gasteiger partial charge on any atom is 0.217 e. The molecule has 2 unspecified atom stereocenters. The molecule has 0 bridgehead atoms. The van der Waals surface area contributed by atoms with Crippen molar-refractivity contribution in [3.8, 4) is 0 Å². The Labute approximate surface area is 101 Å². The normalized spacial score (nSPS) is 28.2. The molecule has 2 atom stereocenters. The standard InChI is InChI=1S/C13H16NOS/c1-11-14(2,8-9-16-11)10-13(15)12-6-4-3-5-7-12/h3-9,11H,10H2,1-2H3/q+1. The van der Waals surface area contributed by atoms with Crippen LogP contribution in [0.3, 0.4) is 0 Å². The third kappa shape index (κ3) is 2.20. The number of Topliss-reactive ketones (excluding diaryl/α,β-unsaturated/α-hetero) is 1. The van der Waals surface area contributed by atoms with E-state index in [-0.39, 0.29) is 5.78 Å². The number of hydrogen-bond acceptors (Lipinski definition) is 2. The number of nitrogens with zero attached hydrogens (tertiary/aromatic N) is 1. The molecule has 0 spiro atoms. The minimum Gasteiger partial charge on any atom is -0.288 e. The van der Waals surface area contributed by atoms with Gasteiger partial charge < -0.3 is 0 Å². The quantitative estimate of drug-likeness (QED) is 0.591. The molecule has 1 aromatic carbocycles. The van der Waals surface area contributed by atoms with E-state index in [0.29, 0.717) is 16.4 Å². The van der Waals surface area contributed by atoms with Crippen LogP contribution < -0.4 is 0 Å². The van der Waals surface area contributed by atoms with Crippen molar-refractivity contribution in [2.75, 3.05) is 13.6 Å². The fourth-order valence-electron chi connectivity index (χ4n) is 1.75. The van der Waals surface area contributed by atoms with Crippen LogP contribution in [0.2, 0.25) is 0 Å². The Morgan fingerprint density at radius 2 is 2.06 bits per heavy atom. The minimum absolute atomic E-state index is 0.210. The van der Waals surface area contributed by atoms with Gasteiger partial charge in [-0.15, -0.1) is 0 Å². The van der Waals surface area contributed by atoms with Crippen molar-refractivity contribution in [1.82, 2.24) is 0 Å². The Morgan fingerprint density at radius 3 is 2.62 bits per heavy atom. The van der Waals surface area contributed by atoms with E-state index < -0.39 is 0 Å². The zero-order valence-corrected chi connectivity index (χ0v) is 10.4. The fraction of sp³-hybridized carbons (Fsp3) is 0.308. The molecule has 84 valence electrons. The summed E-state index contributed by atoms with van der Waals surface area (Å²) in [5, 5.41) is 2.51. The summed E-state index contributed by atoms with van der Waals surface area (Å²) in [5.41, 5.74) is 0.805. The number of quaternary nitrogens is 1. The molecule has 0 amide bonds. The van der Waals surface area contributed by atoms with Crippen LogP contribution in [-0.2, 0) is 0 Å². The molecule has 0 fully saturated rings. The van der Waals surface area contributed by atoms with Crippen molar-refractivity contribution in [2.45, 2.75) is 12.3 Å². The van der Waals surface area contributed by atoms with E-state index in [0.717, 1.165) is 5.56 Å². The Bertz CT molecular complexity index is 415. The van der Waals surface area contributed by atoms with Crippen LogP contribution >= 0.6 is 11.8 Å². The summed E-state index contributed by atoms with van der Waals surface area (Å²) in [6, 6.07) is 9.51. The first-order chi connectivity index (χ1) is 7.62. The maximum absolute atomic E-state index is 12.1. The maximum atomic E-state index is 12.1. The van der Waals surface area contributed by atoms with Gasteiger partial charge in [0.05, 0.1) is 7.05 Å². The molecule has 2 rings (SSSR count). The first-order valence-electron chi connectivity index (χ1n) is 5.38. The summed E-state index contributed by atoms with van der Waals surface area (Å²) in [7, 11) is 2.10. The lowest BCUT2D eigenvalue weighted by molar-refractivity contribution is -0.856. The number of ketones is 1. The SMILES string of the molecule is CC1SC=C[N+]1(C)CC(=O)c1ccccc1. The molecule has 3 heteroatoms. The van der Waals surface area contributed by atoms with Gasteiger partial charge in [-0.25, -0.2) is 0 Å². The van der Waals surface area contributed by atoms with Crippen LogP contribution in [0, 0.1) is 0 Å². The third-order valence-electron chi connectivity index (χ3n) is 3.09. The van der Waals surface area contributed by atoms with E-state index in [1.165, 1.54) is 0 Å². The van der Waals surface area contributed by atoms with E-state index in [1.54, 1.807) is 11.8 Å². The number of thioether (sulfide) groups is 1. The molecule has 0 aliphatic carbocycles. The van der Waals surface area contributed by atoms with Crippen molar-refractivity contribution < 1.29 is 9.28 Å². The summed E-state index contributed by atoms with van der Waals surface area (Å²) < 4.78 is 0.693. The Hall–Kier alpha value is -1.06. The molecule has 1 aliphatic rings. The van der Waals surface area contributed by atoms with Crippen LogP contribution in [0.1, 0.15) is 17.3 Å². The molecule has 16 heavy (non-hydrogen) atoms. The second-order valence-electron chi connectivity index (χ2n) is 4.31. The van der Waals surface area contributed by atoms with Crippen molar-refractivity contribution in [3.63, 3.8) is 0 Å². The molecule has 0 N–H and O–H groups in total. The number of benzene rings is 1. The second-order valence-corrected chi connectivity index (χ2v) is 5.54. The fourth-order valence-corrected chi connectivity index (χ4v) is 2.75. The van der Waals surface area contributed by atoms with Crippen LogP contribution in [-0.4, -0.2) is 29.2 Å². The highest BCUT2D eigenvalue weighted by Gasteiger charge is 2.33. The monoisotopic (exact) mass is 234 g/mol. The number of hydrogen-bond donors (Lipinski definition) is 0. The molecule has 1 aromatic rings. The van der Waals surface area contributed by atoms with E-state index in [9.17, 15) is 4.79 Å². The third-order valence-corrected chi connectivity index (χ3v) is 4.24. The summed E-state index contributed by atoms with van der Waals surface area (Å²) in [6.07, 6.45) is 2.11. The largest absolute Gasteiger partial charge is 0.288 e. The van der Waals surface area contributed by atoms with E-state index in [2.05, 4.69) is 25.6 Å². The first-order valence-corrected chi connectivity index (χ1v) is 6.32. The predicted molar refractivity (Wildman–Crippen MR) is 68.0 cm³/mol. The minimum atomic E-state index is 0.210. The van der Waals surface area contributed by atoms with Gasteiger partial charge in [0.15, 0.2) is 0 Å². The average molecular weight is 234 g/mol. The topological polar surface area (TPSA) is 17.1 Å². The van der Waals surface area contributed by atoms with Gasteiger partial charge in [0, 0.05) is 11.0 Å². The average Bonchev–Trinajstić information content (AvgIpc) is 2.60. The lowest BCUT2D eigenvalue weighted by atomic mass is 10.1. The van der Waals surface area contributed by atoms with E-state index in [1.807, 2.05) is 30.3 Å². The summed E-state index contributed by atoms with van der Waals surface area (Å²) in [6.45, 7) is 2.69. The summed E-state index contributed by atoms with van der Waals surface area (Å²) in [4.78, 5) is 12.1. The van der Waals surface area contributed by atoms with Crippen molar-refractivity contribution >= 4 is 17.5 Å². The van der Waals surface area contributed by atoms with Crippen LogP contribution in [0.4, 0.5) is 0 Å². The zero-order chi connectivity index (χ0) is 11.6. The lowest BCUT2D eigenvalue weighted by Gasteiger charge is -2.30. The van der Waals surface area contributed by atoms with E-state index >= 15 is 0 Å². The molecule has 0 aromatic heterocycles. The highest BCUT2D eigenvalue weighted by atomic mass is 32.2. The van der Waals surface area contributed by atoms with Gasteiger partial charge in [0.2, 0.25) is 5.78 Å². The Kier molecular flexibility index (Phi) is 3.17. The van der Waals surface area contributed by atoms with Gasteiger partial charge in [0.1, 0.15) is 18.1 Å².